The fourth-order valence-corrected chi connectivity index (χ4v) is 4.18. The number of aliphatic hydroxyl groups excluding tert-OH is 1. The minimum atomic E-state index is -0.901. The molecule has 2 aliphatic rings. The molecule has 0 aromatic heterocycles. The van der Waals surface area contributed by atoms with Gasteiger partial charge in [0.05, 0.1) is 18.4 Å². The van der Waals surface area contributed by atoms with Crippen LogP contribution in [0.5, 0.6) is 5.75 Å². The molecule has 2 amide bonds. The molecule has 5 heteroatoms. The van der Waals surface area contributed by atoms with Crippen molar-refractivity contribution in [2.45, 2.75) is 31.8 Å². The van der Waals surface area contributed by atoms with Crippen molar-refractivity contribution in [2.24, 2.45) is 11.8 Å². The second-order valence-corrected chi connectivity index (χ2v) is 7.23. The van der Waals surface area contributed by atoms with Crippen molar-refractivity contribution in [2.75, 3.05) is 13.2 Å². The number of likely N-dealkylation sites (tertiary alicyclic amines) is 1. The Bertz CT molecular complexity index is 804. The summed E-state index contributed by atoms with van der Waals surface area (Å²) in [6, 6.07) is 13.6. The van der Waals surface area contributed by atoms with Gasteiger partial charge in [-0.15, -0.1) is 0 Å². The van der Waals surface area contributed by atoms with Gasteiger partial charge < -0.3 is 9.84 Å². The van der Waals surface area contributed by atoms with Gasteiger partial charge in [-0.25, -0.2) is 0 Å². The summed E-state index contributed by atoms with van der Waals surface area (Å²) in [7, 11) is 0. The van der Waals surface area contributed by atoms with E-state index in [0.29, 0.717) is 5.75 Å². The predicted octanol–water partition coefficient (Wildman–Crippen LogP) is 2.75. The quantitative estimate of drug-likeness (QED) is 0.840. The summed E-state index contributed by atoms with van der Waals surface area (Å²) >= 11 is 0. The van der Waals surface area contributed by atoms with E-state index < -0.39 is 6.10 Å². The molecule has 3 atom stereocenters. The standard InChI is InChI=1S/C21H23NO4/c23-15(12-22-20(24)17-9-3-4-10-18(17)21(22)25)13-26-19-11-5-7-14-6-1-2-8-16(14)19/h1-2,5-8,11,15,17-18,23H,3-4,9-10,12-13H2/t15-,17-,18+/m1/s1. The Morgan fingerprint density at radius 3 is 2.38 bits per heavy atom. The average Bonchev–Trinajstić information content (AvgIpc) is 2.91. The Hall–Kier alpha value is -2.40. The molecule has 2 aromatic carbocycles. The van der Waals surface area contributed by atoms with Gasteiger partial charge in [-0.2, -0.15) is 0 Å². The largest absolute Gasteiger partial charge is 0.490 e. The number of β-amino-alcohol motifs (C(OH)–C–C–N with tert-alkyl or cyclic N) is 1. The summed E-state index contributed by atoms with van der Waals surface area (Å²) in [5.74, 6) is 0.0904. The first-order valence-corrected chi connectivity index (χ1v) is 9.29. The molecule has 1 saturated carbocycles. The van der Waals surface area contributed by atoms with Gasteiger partial charge in [0.25, 0.3) is 0 Å². The van der Waals surface area contributed by atoms with E-state index in [1.807, 2.05) is 42.5 Å². The molecular formula is C21H23NO4. The van der Waals surface area contributed by atoms with Gasteiger partial charge in [0.2, 0.25) is 11.8 Å². The van der Waals surface area contributed by atoms with Crippen LogP contribution in [0.3, 0.4) is 0 Å². The summed E-state index contributed by atoms with van der Waals surface area (Å²) in [6.45, 7) is 0.0514. The Balaban J connectivity index is 1.40. The number of carbonyl (C=O) groups is 2. The lowest BCUT2D eigenvalue weighted by atomic mass is 9.81. The Labute approximate surface area is 152 Å². The highest BCUT2D eigenvalue weighted by atomic mass is 16.5. The molecule has 136 valence electrons. The van der Waals surface area contributed by atoms with Crippen LogP contribution in [0.4, 0.5) is 0 Å². The predicted molar refractivity (Wildman–Crippen MR) is 97.6 cm³/mol. The van der Waals surface area contributed by atoms with Crippen molar-refractivity contribution in [3.63, 3.8) is 0 Å². The van der Waals surface area contributed by atoms with Crippen LogP contribution in [0.2, 0.25) is 0 Å². The summed E-state index contributed by atoms with van der Waals surface area (Å²) in [6.07, 6.45) is 2.67. The molecule has 1 heterocycles. The summed E-state index contributed by atoms with van der Waals surface area (Å²) < 4.78 is 5.78. The van der Waals surface area contributed by atoms with E-state index in [4.69, 9.17) is 4.74 Å². The molecule has 4 rings (SSSR count). The number of hydrogen-bond donors (Lipinski definition) is 1. The van der Waals surface area contributed by atoms with Gasteiger partial charge in [0.15, 0.2) is 0 Å². The fraction of sp³-hybridized carbons (Fsp3) is 0.429. The first kappa shape index (κ1) is 17.0. The lowest BCUT2D eigenvalue weighted by Crippen LogP contribution is -2.40. The van der Waals surface area contributed by atoms with E-state index in [1.165, 1.54) is 4.90 Å². The third-order valence-corrected chi connectivity index (χ3v) is 5.51. The molecule has 1 aliphatic heterocycles. The molecule has 1 aliphatic carbocycles. The first-order chi connectivity index (χ1) is 12.6. The maximum absolute atomic E-state index is 12.5. The maximum atomic E-state index is 12.5. The molecule has 5 nitrogen and oxygen atoms in total. The minimum absolute atomic E-state index is 0.00936. The monoisotopic (exact) mass is 353 g/mol. The van der Waals surface area contributed by atoms with Gasteiger partial charge in [-0.1, -0.05) is 49.2 Å². The van der Waals surface area contributed by atoms with Crippen LogP contribution in [0, 0.1) is 11.8 Å². The highest BCUT2D eigenvalue weighted by Gasteiger charge is 2.48. The van der Waals surface area contributed by atoms with Crippen molar-refractivity contribution < 1.29 is 19.4 Å². The second kappa shape index (κ2) is 7.08. The lowest BCUT2D eigenvalue weighted by Gasteiger charge is -2.20. The van der Waals surface area contributed by atoms with Crippen molar-refractivity contribution in [1.29, 1.82) is 0 Å². The van der Waals surface area contributed by atoms with E-state index in [1.54, 1.807) is 0 Å². The molecule has 1 saturated heterocycles. The summed E-state index contributed by atoms with van der Waals surface area (Å²) in [5.41, 5.74) is 0. The highest BCUT2D eigenvalue weighted by molar-refractivity contribution is 6.05. The van der Waals surface area contributed by atoms with Gasteiger partial charge >= 0.3 is 0 Å². The molecule has 1 N–H and O–H groups in total. The van der Waals surface area contributed by atoms with Crippen molar-refractivity contribution in [1.82, 2.24) is 4.90 Å². The van der Waals surface area contributed by atoms with Crippen molar-refractivity contribution in [3.05, 3.63) is 42.5 Å². The molecule has 0 unspecified atom stereocenters. The van der Waals surface area contributed by atoms with E-state index in [9.17, 15) is 14.7 Å². The number of benzene rings is 2. The van der Waals surface area contributed by atoms with Crippen LogP contribution < -0.4 is 4.74 Å². The van der Waals surface area contributed by atoms with Crippen molar-refractivity contribution in [3.8, 4) is 5.75 Å². The maximum Gasteiger partial charge on any atom is 0.233 e. The SMILES string of the molecule is O=C1[C@H]2CCCC[C@H]2C(=O)N1C[C@@H](O)COc1cccc2ccccc12. The number of carbonyl (C=O) groups excluding carboxylic acids is 2. The van der Waals surface area contributed by atoms with Crippen molar-refractivity contribution >= 4 is 22.6 Å². The van der Waals surface area contributed by atoms with Crippen LogP contribution in [-0.4, -0.2) is 41.1 Å². The number of amides is 2. The minimum Gasteiger partial charge on any atom is -0.490 e. The van der Waals surface area contributed by atoms with Crippen LogP contribution >= 0.6 is 0 Å². The number of hydrogen-bond acceptors (Lipinski definition) is 4. The molecule has 0 bridgehead atoms. The van der Waals surface area contributed by atoms with Crippen LogP contribution in [0.1, 0.15) is 25.7 Å². The smallest absolute Gasteiger partial charge is 0.233 e. The van der Waals surface area contributed by atoms with Gasteiger partial charge in [-0.05, 0) is 24.3 Å². The fourth-order valence-electron chi connectivity index (χ4n) is 4.18. The average molecular weight is 353 g/mol. The van der Waals surface area contributed by atoms with Gasteiger partial charge in [0.1, 0.15) is 18.5 Å². The summed E-state index contributed by atoms with van der Waals surface area (Å²) in [5, 5.41) is 12.4. The molecule has 2 aromatic rings. The first-order valence-electron chi connectivity index (χ1n) is 9.29. The topological polar surface area (TPSA) is 66.8 Å². The Kier molecular flexibility index (Phi) is 4.64. The second-order valence-electron chi connectivity index (χ2n) is 7.23. The highest BCUT2D eigenvalue weighted by Crippen LogP contribution is 2.38. The zero-order valence-corrected chi connectivity index (χ0v) is 14.6. The Morgan fingerprint density at radius 1 is 1.00 bits per heavy atom. The zero-order chi connectivity index (χ0) is 18.1. The number of rotatable bonds is 5. The molecule has 2 fully saturated rings. The summed E-state index contributed by atoms with van der Waals surface area (Å²) in [4.78, 5) is 26.2. The van der Waals surface area contributed by atoms with E-state index in [-0.39, 0.29) is 36.8 Å². The van der Waals surface area contributed by atoms with Gasteiger partial charge in [0, 0.05) is 5.39 Å². The Morgan fingerprint density at radius 2 is 1.65 bits per heavy atom. The zero-order valence-electron chi connectivity index (χ0n) is 14.6. The number of fused-ring (bicyclic) bond motifs is 2. The number of ether oxygens (including phenoxy) is 1. The molecule has 0 radical (unpaired) electrons. The lowest BCUT2D eigenvalue weighted by molar-refractivity contribution is -0.141. The normalized spacial score (nSPS) is 24.0. The van der Waals surface area contributed by atoms with E-state index in [0.717, 1.165) is 36.5 Å². The third-order valence-electron chi connectivity index (χ3n) is 5.51. The number of nitrogens with zero attached hydrogens (tertiary/aromatic N) is 1. The van der Waals surface area contributed by atoms with Crippen LogP contribution in [0.25, 0.3) is 10.8 Å². The van der Waals surface area contributed by atoms with E-state index >= 15 is 0 Å². The molecule has 0 spiro atoms. The van der Waals surface area contributed by atoms with Gasteiger partial charge in [-0.3, -0.25) is 14.5 Å². The number of imide groups is 1. The van der Waals surface area contributed by atoms with E-state index in [2.05, 4.69) is 0 Å². The number of aliphatic hydroxyl groups is 1. The molecule has 26 heavy (non-hydrogen) atoms. The van der Waals surface area contributed by atoms with Crippen LogP contribution in [0.15, 0.2) is 42.5 Å². The van der Waals surface area contributed by atoms with Crippen LogP contribution in [-0.2, 0) is 9.59 Å². The molecular weight excluding hydrogens is 330 g/mol. The third kappa shape index (κ3) is 3.07.